The number of carbonyl (C=O) groups is 1. The summed E-state index contributed by atoms with van der Waals surface area (Å²) in [5, 5.41) is 0. The zero-order chi connectivity index (χ0) is 16.7. The summed E-state index contributed by atoms with van der Waals surface area (Å²) in [6.07, 6.45) is 8.49. The zero-order valence-electron chi connectivity index (χ0n) is 15.2. The smallest absolute Gasteiger partial charge is 0.410 e. The van der Waals surface area contributed by atoms with Crippen molar-refractivity contribution in [2.24, 2.45) is 11.3 Å². The number of hydrogen-bond acceptors (Lipinski definition) is 3. The van der Waals surface area contributed by atoms with Gasteiger partial charge in [-0.1, -0.05) is 13.0 Å². The van der Waals surface area contributed by atoms with Crippen molar-refractivity contribution in [2.75, 3.05) is 26.2 Å². The number of piperidine rings is 1. The molecule has 1 spiro atoms. The Hall–Kier alpha value is -1.19. The molecule has 2 saturated heterocycles. The summed E-state index contributed by atoms with van der Waals surface area (Å²) in [6.45, 7) is 12.3. The molecule has 0 N–H and O–H groups in total. The van der Waals surface area contributed by atoms with E-state index in [-0.39, 0.29) is 6.09 Å². The number of amides is 1. The molecule has 4 nitrogen and oxygen atoms in total. The van der Waals surface area contributed by atoms with Gasteiger partial charge in [-0.2, -0.15) is 0 Å². The van der Waals surface area contributed by atoms with Gasteiger partial charge in [0.15, 0.2) is 0 Å². The van der Waals surface area contributed by atoms with Gasteiger partial charge in [0.05, 0.1) is 0 Å². The molecule has 2 heterocycles. The van der Waals surface area contributed by atoms with Gasteiger partial charge in [-0.05, 0) is 64.2 Å². The molecule has 1 aliphatic carbocycles. The van der Waals surface area contributed by atoms with Crippen LogP contribution < -0.4 is 0 Å². The average molecular weight is 320 g/mol. The standard InChI is InChI=1S/C19H32N2O2/c1-15-13-19(14-16(15)20-9-5-6-10-20)7-11-21(12-8-19)17(22)23-18(2,3)4/h14-15H,5-13H2,1-4H3/t15-/m0/s1. The largest absolute Gasteiger partial charge is 0.444 e. The van der Waals surface area contributed by atoms with Crippen molar-refractivity contribution in [2.45, 2.75) is 65.4 Å². The topological polar surface area (TPSA) is 32.8 Å². The highest BCUT2D eigenvalue weighted by molar-refractivity contribution is 5.68. The molecule has 0 aromatic carbocycles. The third-order valence-corrected chi connectivity index (χ3v) is 5.55. The lowest BCUT2D eigenvalue weighted by Gasteiger charge is -2.39. The molecule has 130 valence electrons. The van der Waals surface area contributed by atoms with E-state index in [1.807, 2.05) is 25.7 Å². The molecule has 1 atom stereocenters. The number of likely N-dealkylation sites (tertiary alicyclic amines) is 2. The molecule has 4 heteroatoms. The maximum absolute atomic E-state index is 12.2. The molecule has 2 fully saturated rings. The van der Waals surface area contributed by atoms with Crippen LogP contribution in [-0.4, -0.2) is 47.7 Å². The van der Waals surface area contributed by atoms with Gasteiger partial charge >= 0.3 is 6.09 Å². The molecule has 3 rings (SSSR count). The molecule has 0 saturated carbocycles. The number of ether oxygens (including phenoxy) is 1. The van der Waals surface area contributed by atoms with Crippen molar-refractivity contribution in [3.05, 3.63) is 11.8 Å². The van der Waals surface area contributed by atoms with Crippen LogP contribution in [0.2, 0.25) is 0 Å². The van der Waals surface area contributed by atoms with Crippen molar-refractivity contribution >= 4 is 6.09 Å². The lowest BCUT2D eigenvalue weighted by Crippen LogP contribution is -2.44. The van der Waals surface area contributed by atoms with Gasteiger partial charge in [-0.15, -0.1) is 0 Å². The second kappa shape index (κ2) is 6.03. The minimum atomic E-state index is -0.406. The summed E-state index contributed by atoms with van der Waals surface area (Å²) in [6, 6.07) is 0. The number of carbonyl (C=O) groups excluding carboxylic acids is 1. The van der Waals surface area contributed by atoms with Crippen molar-refractivity contribution in [3.63, 3.8) is 0 Å². The first kappa shape index (κ1) is 16.7. The van der Waals surface area contributed by atoms with Crippen molar-refractivity contribution < 1.29 is 9.53 Å². The molecule has 0 unspecified atom stereocenters. The van der Waals surface area contributed by atoms with Crippen LogP contribution in [0.3, 0.4) is 0 Å². The van der Waals surface area contributed by atoms with Crippen LogP contribution in [0.5, 0.6) is 0 Å². The monoisotopic (exact) mass is 320 g/mol. The van der Waals surface area contributed by atoms with Crippen molar-refractivity contribution in [1.29, 1.82) is 0 Å². The fourth-order valence-electron chi connectivity index (χ4n) is 4.42. The highest BCUT2D eigenvalue weighted by atomic mass is 16.6. The third kappa shape index (κ3) is 3.67. The zero-order valence-corrected chi connectivity index (χ0v) is 15.2. The Bertz CT molecular complexity index is 478. The van der Waals surface area contributed by atoms with Crippen LogP contribution in [0, 0.1) is 11.3 Å². The minimum Gasteiger partial charge on any atom is -0.444 e. The van der Waals surface area contributed by atoms with E-state index in [0.717, 1.165) is 25.9 Å². The molecule has 23 heavy (non-hydrogen) atoms. The summed E-state index contributed by atoms with van der Waals surface area (Å²) in [5.41, 5.74) is 1.49. The van der Waals surface area contributed by atoms with E-state index in [0.29, 0.717) is 11.3 Å². The van der Waals surface area contributed by atoms with Crippen LogP contribution in [0.15, 0.2) is 11.8 Å². The second-order valence-corrected chi connectivity index (χ2v) is 8.70. The van der Waals surface area contributed by atoms with E-state index >= 15 is 0 Å². The lowest BCUT2D eigenvalue weighted by atomic mass is 9.77. The first-order valence-electron chi connectivity index (χ1n) is 9.24. The number of hydrogen-bond donors (Lipinski definition) is 0. The highest BCUT2D eigenvalue weighted by Gasteiger charge is 2.42. The Balaban J connectivity index is 1.61. The van der Waals surface area contributed by atoms with Gasteiger partial charge in [-0.25, -0.2) is 4.79 Å². The van der Waals surface area contributed by atoms with Gasteiger partial charge in [0, 0.05) is 31.9 Å². The minimum absolute atomic E-state index is 0.151. The molecule has 1 amide bonds. The van der Waals surface area contributed by atoms with Gasteiger partial charge in [-0.3, -0.25) is 0 Å². The second-order valence-electron chi connectivity index (χ2n) is 8.70. The Morgan fingerprint density at radius 3 is 2.35 bits per heavy atom. The van der Waals surface area contributed by atoms with E-state index in [2.05, 4.69) is 17.9 Å². The molecular formula is C19H32N2O2. The van der Waals surface area contributed by atoms with E-state index in [1.54, 1.807) is 5.70 Å². The van der Waals surface area contributed by atoms with Gasteiger partial charge in [0.25, 0.3) is 0 Å². The summed E-state index contributed by atoms with van der Waals surface area (Å²) in [4.78, 5) is 16.7. The molecule has 2 aliphatic heterocycles. The Labute approximate surface area is 140 Å². The number of nitrogens with zero attached hydrogens (tertiary/aromatic N) is 2. The first-order chi connectivity index (χ1) is 10.8. The van der Waals surface area contributed by atoms with E-state index in [4.69, 9.17) is 4.74 Å². The van der Waals surface area contributed by atoms with Crippen LogP contribution in [-0.2, 0) is 4.74 Å². The molecule has 0 radical (unpaired) electrons. The normalized spacial score (nSPS) is 27.5. The van der Waals surface area contributed by atoms with Crippen molar-refractivity contribution in [3.8, 4) is 0 Å². The van der Waals surface area contributed by atoms with Gasteiger partial charge in [0.1, 0.15) is 5.60 Å². The van der Waals surface area contributed by atoms with Crippen molar-refractivity contribution in [1.82, 2.24) is 9.80 Å². The predicted molar refractivity (Wildman–Crippen MR) is 92.1 cm³/mol. The SMILES string of the molecule is C[C@H]1CC2(C=C1N1CCCC1)CCN(C(=O)OC(C)(C)C)CC2. The van der Waals surface area contributed by atoms with Gasteiger partial charge in [0.2, 0.25) is 0 Å². The van der Waals surface area contributed by atoms with Gasteiger partial charge < -0.3 is 14.5 Å². The third-order valence-electron chi connectivity index (χ3n) is 5.55. The van der Waals surface area contributed by atoms with Crippen LogP contribution in [0.25, 0.3) is 0 Å². The Kier molecular flexibility index (Phi) is 4.37. The van der Waals surface area contributed by atoms with E-state index < -0.39 is 5.60 Å². The molecule has 0 aromatic heterocycles. The van der Waals surface area contributed by atoms with Crippen LogP contribution in [0.1, 0.15) is 59.8 Å². The lowest BCUT2D eigenvalue weighted by molar-refractivity contribution is 0.0138. The maximum atomic E-state index is 12.2. The molecule has 0 aromatic rings. The highest BCUT2D eigenvalue weighted by Crippen LogP contribution is 2.48. The van der Waals surface area contributed by atoms with E-state index in [9.17, 15) is 4.79 Å². The summed E-state index contributed by atoms with van der Waals surface area (Å²) >= 11 is 0. The molecule has 3 aliphatic rings. The Morgan fingerprint density at radius 1 is 1.17 bits per heavy atom. The predicted octanol–water partition coefficient (Wildman–Crippen LogP) is 4.02. The fraction of sp³-hybridized carbons (Fsp3) is 0.842. The molecular weight excluding hydrogens is 288 g/mol. The summed E-state index contributed by atoms with van der Waals surface area (Å²) in [5.74, 6) is 0.668. The summed E-state index contributed by atoms with van der Waals surface area (Å²) < 4.78 is 5.52. The summed E-state index contributed by atoms with van der Waals surface area (Å²) in [7, 11) is 0. The quantitative estimate of drug-likeness (QED) is 0.731. The average Bonchev–Trinajstić information content (AvgIpc) is 3.06. The fourth-order valence-corrected chi connectivity index (χ4v) is 4.42. The Morgan fingerprint density at radius 2 is 1.78 bits per heavy atom. The maximum Gasteiger partial charge on any atom is 0.410 e. The van der Waals surface area contributed by atoms with Crippen LogP contribution in [0.4, 0.5) is 4.79 Å². The first-order valence-corrected chi connectivity index (χ1v) is 9.24. The van der Waals surface area contributed by atoms with E-state index in [1.165, 1.54) is 32.4 Å². The number of rotatable bonds is 1. The molecule has 0 bridgehead atoms. The number of allylic oxidation sites excluding steroid dienone is 2. The van der Waals surface area contributed by atoms with Crippen LogP contribution >= 0.6 is 0 Å².